The third-order valence-electron chi connectivity index (χ3n) is 3.90. The Bertz CT molecular complexity index is 243. The second-order valence-electron chi connectivity index (χ2n) is 5.39. The molecule has 2 nitrogen and oxygen atoms in total. The third-order valence-corrected chi connectivity index (χ3v) is 3.90. The van der Waals surface area contributed by atoms with Gasteiger partial charge in [0, 0.05) is 25.2 Å². The first-order valence-electron chi connectivity index (χ1n) is 6.91. The van der Waals surface area contributed by atoms with Gasteiger partial charge in [0.05, 0.1) is 6.54 Å². The van der Waals surface area contributed by atoms with E-state index in [0.29, 0.717) is 19.0 Å². The quantitative estimate of drug-likeness (QED) is 0.823. The lowest BCUT2D eigenvalue weighted by Gasteiger charge is -2.42. The van der Waals surface area contributed by atoms with Gasteiger partial charge < -0.3 is 5.32 Å². The summed E-state index contributed by atoms with van der Waals surface area (Å²) in [5.41, 5.74) is 0. The lowest BCUT2D eigenvalue weighted by atomic mass is 9.94. The predicted octanol–water partition coefficient (Wildman–Crippen LogP) is 3.04. The molecule has 0 bridgehead atoms. The highest BCUT2D eigenvalue weighted by atomic mass is 19.4. The van der Waals surface area contributed by atoms with E-state index in [1.54, 1.807) is 4.90 Å². The molecule has 0 aromatic heterocycles. The van der Waals surface area contributed by atoms with Gasteiger partial charge in [0.2, 0.25) is 0 Å². The molecule has 1 rings (SSSR count). The molecule has 18 heavy (non-hydrogen) atoms. The van der Waals surface area contributed by atoms with Gasteiger partial charge in [0.15, 0.2) is 0 Å². The molecule has 108 valence electrons. The van der Waals surface area contributed by atoms with Crippen molar-refractivity contribution in [3.05, 3.63) is 0 Å². The van der Waals surface area contributed by atoms with Crippen LogP contribution in [0.15, 0.2) is 0 Å². The van der Waals surface area contributed by atoms with Crippen LogP contribution < -0.4 is 5.32 Å². The van der Waals surface area contributed by atoms with Gasteiger partial charge in [-0.1, -0.05) is 33.6 Å². The molecule has 1 heterocycles. The Morgan fingerprint density at radius 2 is 2.00 bits per heavy atom. The molecule has 3 unspecified atom stereocenters. The smallest absolute Gasteiger partial charge is 0.311 e. The molecule has 0 aromatic carbocycles. The molecular formula is C13H25F3N2. The Morgan fingerprint density at radius 3 is 2.50 bits per heavy atom. The standard InChI is InChI=1S/C13H25F3N2/c1-4-6-11-7-17-12(10(3)5-2)8-18(11)9-13(14,15)16/h10-12,17H,4-9H2,1-3H3. The average Bonchev–Trinajstić information content (AvgIpc) is 2.28. The lowest BCUT2D eigenvalue weighted by Crippen LogP contribution is -2.59. The molecule has 1 saturated heterocycles. The summed E-state index contributed by atoms with van der Waals surface area (Å²) in [6, 6.07) is 0.211. The molecule has 0 radical (unpaired) electrons. The van der Waals surface area contributed by atoms with E-state index < -0.39 is 12.7 Å². The maximum atomic E-state index is 12.6. The van der Waals surface area contributed by atoms with Crippen LogP contribution in [-0.4, -0.2) is 42.8 Å². The van der Waals surface area contributed by atoms with Crippen molar-refractivity contribution in [1.29, 1.82) is 0 Å². The summed E-state index contributed by atoms with van der Waals surface area (Å²) >= 11 is 0. The van der Waals surface area contributed by atoms with Crippen molar-refractivity contribution in [3.8, 4) is 0 Å². The van der Waals surface area contributed by atoms with Crippen molar-refractivity contribution in [2.75, 3.05) is 19.6 Å². The van der Waals surface area contributed by atoms with Crippen LogP contribution in [0.1, 0.15) is 40.0 Å². The van der Waals surface area contributed by atoms with Crippen LogP contribution in [0.5, 0.6) is 0 Å². The molecule has 1 aliphatic heterocycles. The second-order valence-corrected chi connectivity index (χ2v) is 5.39. The Hall–Kier alpha value is -0.290. The zero-order chi connectivity index (χ0) is 13.8. The van der Waals surface area contributed by atoms with Crippen molar-refractivity contribution in [3.63, 3.8) is 0 Å². The van der Waals surface area contributed by atoms with Gasteiger partial charge in [-0.3, -0.25) is 4.90 Å². The summed E-state index contributed by atoms with van der Waals surface area (Å²) < 4.78 is 37.8. The highest BCUT2D eigenvalue weighted by Gasteiger charge is 2.37. The van der Waals surface area contributed by atoms with E-state index in [4.69, 9.17) is 0 Å². The van der Waals surface area contributed by atoms with Crippen LogP contribution in [0.2, 0.25) is 0 Å². The first-order chi connectivity index (χ1) is 8.37. The topological polar surface area (TPSA) is 15.3 Å². The first kappa shape index (κ1) is 15.8. The summed E-state index contributed by atoms with van der Waals surface area (Å²) in [6.07, 6.45) is -1.34. The molecule has 0 amide bonds. The second kappa shape index (κ2) is 6.75. The van der Waals surface area contributed by atoms with Crippen molar-refractivity contribution in [2.45, 2.75) is 58.3 Å². The van der Waals surface area contributed by atoms with Gasteiger partial charge in [-0.25, -0.2) is 0 Å². The fraction of sp³-hybridized carbons (Fsp3) is 1.00. The van der Waals surface area contributed by atoms with Crippen LogP contribution >= 0.6 is 0 Å². The summed E-state index contributed by atoms with van der Waals surface area (Å²) in [6.45, 7) is 6.62. The number of alkyl halides is 3. The fourth-order valence-corrected chi connectivity index (χ4v) is 2.59. The number of hydrogen-bond acceptors (Lipinski definition) is 2. The van der Waals surface area contributed by atoms with E-state index in [1.807, 2.05) is 6.92 Å². The van der Waals surface area contributed by atoms with Gasteiger partial charge in [-0.05, 0) is 12.3 Å². The zero-order valence-corrected chi connectivity index (χ0v) is 11.6. The molecule has 0 spiro atoms. The number of rotatable bonds is 5. The first-order valence-corrected chi connectivity index (χ1v) is 6.91. The van der Waals surface area contributed by atoms with Gasteiger partial charge in [0.1, 0.15) is 0 Å². The van der Waals surface area contributed by atoms with Gasteiger partial charge in [0.25, 0.3) is 0 Å². The molecular weight excluding hydrogens is 241 g/mol. The van der Waals surface area contributed by atoms with Gasteiger partial charge in [-0.15, -0.1) is 0 Å². The normalized spacial score (nSPS) is 28.3. The zero-order valence-electron chi connectivity index (χ0n) is 11.6. The van der Waals surface area contributed by atoms with Crippen LogP contribution in [0.4, 0.5) is 13.2 Å². The monoisotopic (exact) mass is 266 g/mol. The van der Waals surface area contributed by atoms with E-state index >= 15 is 0 Å². The van der Waals surface area contributed by atoms with Gasteiger partial charge in [-0.2, -0.15) is 13.2 Å². The summed E-state index contributed by atoms with van der Waals surface area (Å²) in [5.74, 6) is 0.420. The van der Waals surface area contributed by atoms with E-state index in [2.05, 4.69) is 19.2 Å². The Balaban J connectivity index is 2.64. The van der Waals surface area contributed by atoms with Crippen LogP contribution in [-0.2, 0) is 0 Å². The summed E-state index contributed by atoms with van der Waals surface area (Å²) in [5, 5.41) is 3.41. The summed E-state index contributed by atoms with van der Waals surface area (Å²) in [4.78, 5) is 1.62. The Kier molecular flexibility index (Phi) is 5.92. The largest absolute Gasteiger partial charge is 0.401 e. The third kappa shape index (κ3) is 4.76. The predicted molar refractivity (Wildman–Crippen MR) is 67.6 cm³/mol. The molecule has 1 aliphatic rings. The fourth-order valence-electron chi connectivity index (χ4n) is 2.59. The molecule has 1 fully saturated rings. The van der Waals surface area contributed by atoms with Crippen LogP contribution in [0.25, 0.3) is 0 Å². The average molecular weight is 266 g/mol. The van der Waals surface area contributed by atoms with E-state index in [-0.39, 0.29) is 12.1 Å². The van der Waals surface area contributed by atoms with Crippen molar-refractivity contribution >= 4 is 0 Å². The Labute approximate surface area is 108 Å². The SMILES string of the molecule is CCCC1CNC(C(C)CC)CN1CC(F)(F)F. The highest BCUT2D eigenvalue weighted by Crippen LogP contribution is 2.23. The number of hydrogen-bond donors (Lipinski definition) is 1. The number of piperazine rings is 1. The van der Waals surface area contributed by atoms with Crippen LogP contribution in [0, 0.1) is 5.92 Å². The maximum absolute atomic E-state index is 12.6. The molecule has 1 N–H and O–H groups in total. The van der Waals surface area contributed by atoms with E-state index in [0.717, 1.165) is 19.3 Å². The maximum Gasteiger partial charge on any atom is 0.401 e. The van der Waals surface area contributed by atoms with E-state index in [9.17, 15) is 13.2 Å². The molecule has 0 saturated carbocycles. The van der Waals surface area contributed by atoms with E-state index in [1.165, 1.54) is 0 Å². The van der Waals surface area contributed by atoms with Crippen LogP contribution in [0.3, 0.4) is 0 Å². The van der Waals surface area contributed by atoms with Crippen molar-refractivity contribution in [2.24, 2.45) is 5.92 Å². The molecule has 0 aromatic rings. The molecule has 0 aliphatic carbocycles. The van der Waals surface area contributed by atoms with Gasteiger partial charge >= 0.3 is 6.18 Å². The number of nitrogens with zero attached hydrogens (tertiary/aromatic N) is 1. The molecule has 5 heteroatoms. The van der Waals surface area contributed by atoms with Crippen molar-refractivity contribution in [1.82, 2.24) is 10.2 Å². The lowest BCUT2D eigenvalue weighted by molar-refractivity contribution is -0.155. The Morgan fingerprint density at radius 1 is 1.33 bits per heavy atom. The molecule has 3 atom stereocenters. The minimum atomic E-state index is -4.09. The number of nitrogens with one attached hydrogen (secondary N) is 1. The van der Waals surface area contributed by atoms with Crippen molar-refractivity contribution < 1.29 is 13.2 Å². The minimum Gasteiger partial charge on any atom is -0.311 e. The number of halogens is 3. The highest BCUT2D eigenvalue weighted by molar-refractivity contribution is 4.89. The minimum absolute atomic E-state index is 0.0249. The summed E-state index contributed by atoms with van der Waals surface area (Å²) in [7, 11) is 0.